The van der Waals surface area contributed by atoms with Gasteiger partial charge in [0.15, 0.2) is 0 Å². The molecule has 0 fully saturated rings. The highest BCUT2D eigenvalue weighted by atomic mass is 16.5. The van der Waals surface area contributed by atoms with E-state index in [1.807, 2.05) is 24.3 Å². The number of carboxylic acid groups (broad SMARTS) is 1. The number of benzene rings is 2. The molecule has 25 heavy (non-hydrogen) atoms. The molecule has 7 nitrogen and oxygen atoms in total. The van der Waals surface area contributed by atoms with Gasteiger partial charge in [-0.05, 0) is 42.5 Å². The molecule has 2 aromatic carbocycles. The summed E-state index contributed by atoms with van der Waals surface area (Å²) in [7, 11) is 3.10. The van der Waals surface area contributed by atoms with Gasteiger partial charge in [0, 0.05) is 6.07 Å². The van der Waals surface area contributed by atoms with Crippen molar-refractivity contribution >= 4 is 17.5 Å². The van der Waals surface area contributed by atoms with Crippen molar-refractivity contribution in [3.05, 3.63) is 60.3 Å². The Hall–Kier alpha value is -3.48. The molecule has 0 unspecified atom stereocenters. The van der Waals surface area contributed by atoms with Crippen molar-refractivity contribution in [3.63, 3.8) is 0 Å². The predicted molar refractivity (Wildman–Crippen MR) is 93.4 cm³/mol. The Balaban J connectivity index is 1.94. The van der Waals surface area contributed by atoms with E-state index in [4.69, 9.17) is 9.47 Å². The van der Waals surface area contributed by atoms with Crippen LogP contribution in [0.4, 0.5) is 11.5 Å². The summed E-state index contributed by atoms with van der Waals surface area (Å²) >= 11 is 0. The number of carboxylic acids is 1. The average molecular weight is 339 g/mol. The largest absolute Gasteiger partial charge is 0.497 e. The molecule has 1 heterocycles. The molecule has 0 aliphatic rings. The van der Waals surface area contributed by atoms with Crippen LogP contribution in [0.5, 0.6) is 11.5 Å². The maximum atomic E-state index is 11.5. The van der Waals surface area contributed by atoms with Crippen LogP contribution < -0.4 is 14.8 Å². The summed E-state index contributed by atoms with van der Waals surface area (Å²) in [6, 6.07) is 14.0. The number of methoxy groups -OCH3 is 2. The van der Waals surface area contributed by atoms with Crippen LogP contribution in [0, 0.1) is 0 Å². The first-order valence-electron chi connectivity index (χ1n) is 7.49. The topological polar surface area (TPSA) is 85.6 Å². The van der Waals surface area contributed by atoms with Crippen LogP contribution in [0.1, 0.15) is 10.4 Å². The summed E-state index contributed by atoms with van der Waals surface area (Å²) in [6.07, 6.45) is 1.64. The quantitative estimate of drug-likeness (QED) is 0.716. The molecule has 0 atom stereocenters. The maximum Gasteiger partial charge on any atom is 0.337 e. The van der Waals surface area contributed by atoms with Crippen LogP contribution in [0.15, 0.2) is 54.7 Å². The van der Waals surface area contributed by atoms with E-state index in [0.29, 0.717) is 17.3 Å². The number of carbonyl (C=O) groups is 1. The van der Waals surface area contributed by atoms with Crippen LogP contribution in [0.3, 0.4) is 0 Å². The number of anilines is 2. The zero-order valence-electron chi connectivity index (χ0n) is 13.8. The number of aromatic carboxylic acids is 1. The fraction of sp³-hybridized carbons (Fsp3) is 0.111. The fourth-order valence-electron chi connectivity index (χ4n) is 2.40. The van der Waals surface area contributed by atoms with Crippen molar-refractivity contribution in [3.8, 4) is 17.2 Å². The molecule has 0 aliphatic heterocycles. The van der Waals surface area contributed by atoms with Gasteiger partial charge in [0.1, 0.15) is 17.3 Å². The van der Waals surface area contributed by atoms with Gasteiger partial charge in [-0.25, -0.2) is 9.48 Å². The molecule has 0 saturated heterocycles. The van der Waals surface area contributed by atoms with E-state index >= 15 is 0 Å². The Bertz CT molecular complexity index is 888. The minimum absolute atomic E-state index is 0.113. The minimum Gasteiger partial charge on any atom is -0.497 e. The molecule has 0 aliphatic carbocycles. The third-order valence-corrected chi connectivity index (χ3v) is 3.68. The third-order valence-electron chi connectivity index (χ3n) is 3.68. The molecule has 0 amide bonds. The molecule has 7 heteroatoms. The van der Waals surface area contributed by atoms with Crippen molar-refractivity contribution < 1.29 is 19.4 Å². The number of aromatic nitrogens is 2. The van der Waals surface area contributed by atoms with Crippen LogP contribution in [-0.4, -0.2) is 35.1 Å². The van der Waals surface area contributed by atoms with Crippen LogP contribution in [0.25, 0.3) is 5.69 Å². The Morgan fingerprint density at radius 1 is 1.04 bits per heavy atom. The van der Waals surface area contributed by atoms with E-state index < -0.39 is 5.97 Å². The molecule has 128 valence electrons. The summed E-state index contributed by atoms with van der Waals surface area (Å²) in [4.78, 5) is 11.5. The zero-order valence-corrected chi connectivity index (χ0v) is 13.8. The summed E-state index contributed by atoms with van der Waals surface area (Å²) < 4.78 is 11.9. The summed E-state index contributed by atoms with van der Waals surface area (Å²) in [6.45, 7) is 0. The van der Waals surface area contributed by atoms with Crippen molar-refractivity contribution in [1.29, 1.82) is 0 Å². The van der Waals surface area contributed by atoms with E-state index in [2.05, 4.69) is 10.4 Å². The molecule has 1 aromatic heterocycles. The molecule has 3 rings (SSSR count). The van der Waals surface area contributed by atoms with Gasteiger partial charge in [-0.15, -0.1) is 0 Å². The Morgan fingerprint density at radius 3 is 2.36 bits per heavy atom. The lowest BCUT2D eigenvalue weighted by molar-refractivity contribution is 0.0697. The molecular formula is C18H17N3O4. The first-order chi connectivity index (χ1) is 12.1. The zero-order chi connectivity index (χ0) is 17.8. The summed E-state index contributed by atoms with van der Waals surface area (Å²) in [5.41, 5.74) is 1.38. The predicted octanol–water partition coefficient (Wildman–Crippen LogP) is 3.33. The number of hydrogen-bond acceptors (Lipinski definition) is 5. The summed E-state index contributed by atoms with van der Waals surface area (Å²) in [5, 5.41) is 16.8. The number of rotatable bonds is 6. The van der Waals surface area contributed by atoms with Crippen molar-refractivity contribution in [1.82, 2.24) is 9.78 Å². The second kappa shape index (κ2) is 6.96. The van der Waals surface area contributed by atoms with Gasteiger partial charge in [-0.1, -0.05) is 0 Å². The van der Waals surface area contributed by atoms with Crippen molar-refractivity contribution in [2.75, 3.05) is 19.5 Å². The maximum absolute atomic E-state index is 11.5. The van der Waals surface area contributed by atoms with Gasteiger partial charge in [0.05, 0.1) is 37.4 Å². The summed E-state index contributed by atoms with van der Waals surface area (Å²) in [5.74, 6) is 0.815. The molecular weight excluding hydrogens is 322 g/mol. The standard InChI is InChI=1S/C18H17N3O4/c1-24-13-5-3-12(4-6-13)21-17(9-10-19-21)20-16-8-7-14(25-2)11-15(16)18(22)23/h3-11,20H,1-2H3,(H,22,23). The third kappa shape index (κ3) is 3.40. The first-order valence-corrected chi connectivity index (χ1v) is 7.49. The molecule has 2 N–H and O–H groups in total. The SMILES string of the molecule is COc1ccc(-n2nccc2Nc2ccc(OC)cc2C(=O)O)cc1. The number of nitrogens with one attached hydrogen (secondary N) is 1. The van der Waals surface area contributed by atoms with Gasteiger partial charge in [0.25, 0.3) is 0 Å². The first kappa shape index (κ1) is 16.4. The lowest BCUT2D eigenvalue weighted by Crippen LogP contribution is -2.07. The fourth-order valence-corrected chi connectivity index (χ4v) is 2.40. The monoisotopic (exact) mass is 339 g/mol. The van der Waals surface area contributed by atoms with Gasteiger partial charge in [-0.2, -0.15) is 5.10 Å². The smallest absolute Gasteiger partial charge is 0.337 e. The normalized spacial score (nSPS) is 10.3. The highest BCUT2D eigenvalue weighted by molar-refractivity contribution is 5.95. The number of hydrogen-bond donors (Lipinski definition) is 2. The number of ether oxygens (including phenoxy) is 2. The molecule has 3 aromatic rings. The highest BCUT2D eigenvalue weighted by Crippen LogP contribution is 2.27. The lowest BCUT2D eigenvalue weighted by atomic mass is 10.1. The number of nitrogens with zero attached hydrogens (tertiary/aromatic N) is 2. The van der Waals surface area contributed by atoms with Gasteiger partial charge in [0.2, 0.25) is 0 Å². The van der Waals surface area contributed by atoms with Gasteiger partial charge < -0.3 is 19.9 Å². The highest BCUT2D eigenvalue weighted by Gasteiger charge is 2.14. The van der Waals surface area contributed by atoms with E-state index in [1.165, 1.54) is 13.2 Å². The molecule has 0 radical (unpaired) electrons. The lowest BCUT2D eigenvalue weighted by Gasteiger charge is -2.13. The van der Waals surface area contributed by atoms with Crippen LogP contribution >= 0.6 is 0 Å². The van der Waals surface area contributed by atoms with Crippen LogP contribution in [-0.2, 0) is 0 Å². The average Bonchev–Trinajstić information content (AvgIpc) is 3.10. The Labute approximate surface area is 144 Å². The molecule has 0 saturated carbocycles. The van der Waals surface area contributed by atoms with Gasteiger partial charge >= 0.3 is 5.97 Å². The second-order valence-corrected chi connectivity index (χ2v) is 5.17. The minimum atomic E-state index is -1.04. The second-order valence-electron chi connectivity index (χ2n) is 5.17. The molecule has 0 spiro atoms. The van der Waals surface area contributed by atoms with Crippen molar-refractivity contribution in [2.45, 2.75) is 0 Å². The Morgan fingerprint density at radius 2 is 1.72 bits per heavy atom. The van der Waals surface area contributed by atoms with Crippen molar-refractivity contribution in [2.24, 2.45) is 0 Å². The molecule has 0 bridgehead atoms. The Kier molecular flexibility index (Phi) is 4.56. The van der Waals surface area contributed by atoms with E-state index in [-0.39, 0.29) is 5.56 Å². The van der Waals surface area contributed by atoms with E-state index in [9.17, 15) is 9.90 Å². The van der Waals surface area contributed by atoms with Gasteiger partial charge in [-0.3, -0.25) is 0 Å². The van der Waals surface area contributed by atoms with Crippen LogP contribution in [0.2, 0.25) is 0 Å². The van der Waals surface area contributed by atoms with E-state index in [1.54, 1.807) is 36.2 Å². The van der Waals surface area contributed by atoms with E-state index in [0.717, 1.165) is 11.4 Å².